The van der Waals surface area contributed by atoms with E-state index in [0.717, 1.165) is 18.4 Å². The van der Waals surface area contributed by atoms with Gasteiger partial charge in [-0.1, -0.05) is 17.7 Å². The van der Waals surface area contributed by atoms with Crippen molar-refractivity contribution in [3.05, 3.63) is 35.1 Å². The fraction of sp³-hybridized carbons (Fsp3) is 0.500. The zero-order valence-corrected chi connectivity index (χ0v) is 10.0. The van der Waals surface area contributed by atoms with Crippen molar-refractivity contribution in [1.82, 2.24) is 0 Å². The summed E-state index contributed by atoms with van der Waals surface area (Å²) in [4.78, 5) is 0. The Morgan fingerprint density at radius 2 is 2.06 bits per heavy atom. The maximum atomic E-state index is 13.5. The molecule has 0 amide bonds. The molecule has 0 spiro atoms. The van der Waals surface area contributed by atoms with Gasteiger partial charge in [-0.3, -0.25) is 0 Å². The van der Waals surface area contributed by atoms with E-state index in [-0.39, 0.29) is 24.1 Å². The number of halogens is 2. The first-order valence-electron chi connectivity index (χ1n) is 5.29. The van der Waals surface area contributed by atoms with Crippen molar-refractivity contribution in [2.45, 2.75) is 31.9 Å². The lowest BCUT2D eigenvalue weighted by Crippen LogP contribution is -2.28. The third-order valence-electron chi connectivity index (χ3n) is 2.98. The molecule has 0 saturated heterocycles. The number of aliphatic hydroxyl groups excluding tert-OH is 1. The predicted octanol–water partition coefficient (Wildman–Crippen LogP) is 2.33. The normalized spacial score (nSPS) is 18.8. The third-order valence-corrected chi connectivity index (χ3v) is 2.98. The Hall–Kier alpha value is -0.640. The molecule has 0 heterocycles. The molecule has 2 nitrogen and oxygen atoms in total. The number of hydrogen-bond acceptors (Lipinski definition) is 2. The van der Waals surface area contributed by atoms with Gasteiger partial charge in [-0.2, -0.15) is 0 Å². The van der Waals surface area contributed by atoms with Crippen LogP contribution in [0.4, 0.5) is 4.39 Å². The van der Waals surface area contributed by atoms with Gasteiger partial charge >= 0.3 is 0 Å². The molecular weight excluding hydrogens is 229 g/mol. The van der Waals surface area contributed by atoms with E-state index in [0.29, 0.717) is 5.56 Å². The zero-order chi connectivity index (χ0) is 11.0. The van der Waals surface area contributed by atoms with Crippen molar-refractivity contribution in [2.24, 2.45) is 11.7 Å². The second kappa shape index (κ2) is 5.13. The molecule has 0 unspecified atom stereocenters. The monoisotopic (exact) mass is 245 g/mol. The zero-order valence-electron chi connectivity index (χ0n) is 9.19. The molecule has 2 atom stereocenters. The quantitative estimate of drug-likeness (QED) is 0.859. The fourth-order valence-corrected chi connectivity index (χ4v) is 1.83. The number of benzene rings is 1. The molecule has 16 heavy (non-hydrogen) atoms. The van der Waals surface area contributed by atoms with E-state index in [1.807, 2.05) is 6.92 Å². The van der Waals surface area contributed by atoms with Crippen molar-refractivity contribution in [3.63, 3.8) is 0 Å². The van der Waals surface area contributed by atoms with Gasteiger partial charge in [0.2, 0.25) is 0 Å². The lowest BCUT2D eigenvalue weighted by Gasteiger charge is -2.19. The molecule has 1 aromatic rings. The second-order valence-electron chi connectivity index (χ2n) is 4.38. The van der Waals surface area contributed by atoms with Crippen molar-refractivity contribution in [1.29, 1.82) is 0 Å². The molecule has 3 N–H and O–H groups in total. The lowest BCUT2D eigenvalue weighted by atomic mass is 9.97. The minimum absolute atomic E-state index is 0. The smallest absolute Gasteiger partial charge is 0.128 e. The summed E-state index contributed by atoms with van der Waals surface area (Å²) in [6.45, 7) is 1.89. The van der Waals surface area contributed by atoms with Gasteiger partial charge in [-0.05, 0) is 31.7 Å². The predicted molar refractivity (Wildman–Crippen MR) is 64.0 cm³/mol. The molecule has 1 saturated carbocycles. The van der Waals surface area contributed by atoms with E-state index >= 15 is 0 Å². The summed E-state index contributed by atoms with van der Waals surface area (Å²) >= 11 is 0. The molecule has 90 valence electrons. The SMILES string of the molecule is Cc1ccc(F)c([C@H](N)[C@H](O)C2CC2)c1.Cl. The summed E-state index contributed by atoms with van der Waals surface area (Å²) < 4.78 is 13.5. The van der Waals surface area contributed by atoms with Crippen molar-refractivity contribution in [3.8, 4) is 0 Å². The van der Waals surface area contributed by atoms with Crippen molar-refractivity contribution >= 4 is 12.4 Å². The van der Waals surface area contributed by atoms with Crippen molar-refractivity contribution < 1.29 is 9.50 Å². The maximum absolute atomic E-state index is 13.5. The first-order valence-corrected chi connectivity index (χ1v) is 5.29. The molecule has 1 aliphatic rings. The first-order chi connectivity index (χ1) is 7.09. The highest BCUT2D eigenvalue weighted by Crippen LogP contribution is 2.37. The number of aliphatic hydroxyl groups is 1. The van der Waals surface area contributed by atoms with Crippen LogP contribution in [0.15, 0.2) is 18.2 Å². The van der Waals surface area contributed by atoms with Crippen LogP contribution in [0.25, 0.3) is 0 Å². The van der Waals surface area contributed by atoms with E-state index in [1.54, 1.807) is 12.1 Å². The Kier molecular flexibility index (Phi) is 4.30. The van der Waals surface area contributed by atoms with E-state index in [4.69, 9.17) is 5.73 Å². The Morgan fingerprint density at radius 1 is 1.44 bits per heavy atom. The Morgan fingerprint density at radius 3 is 2.62 bits per heavy atom. The molecule has 1 aromatic carbocycles. The van der Waals surface area contributed by atoms with Gasteiger partial charge in [0.1, 0.15) is 5.82 Å². The summed E-state index contributed by atoms with van der Waals surface area (Å²) in [6, 6.07) is 4.22. The van der Waals surface area contributed by atoms with Crippen LogP contribution in [0, 0.1) is 18.7 Å². The van der Waals surface area contributed by atoms with E-state index in [9.17, 15) is 9.50 Å². The molecule has 0 radical (unpaired) electrons. The Bertz CT molecular complexity index is 368. The maximum Gasteiger partial charge on any atom is 0.128 e. The number of aryl methyl sites for hydroxylation is 1. The van der Waals surface area contributed by atoms with E-state index < -0.39 is 12.1 Å². The lowest BCUT2D eigenvalue weighted by molar-refractivity contribution is 0.121. The molecule has 4 heteroatoms. The molecule has 0 aromatic heterocycles. The van der Waals surface area contributed by atoms with Gasteiger partial charge in [0.15, 0.2) is 0 Å². The van der Waals surface area contributed by atoms with Crippen LogP contribution in [0.2, 0.25) is 0 Å². The molecule has 1 fully saturated rings. The summed E-state index contributed by atoms with van der Waals surface area (Å²) in [7, 11) is 0. The molecule has 1 aliphatic carbocycles. The van der Waals surface area contributed by atoms with Crippen LogP contribution in [0.3, 0.4) is 0 Å². The van der Waals surface area contributed by atoms with Crippen LogP contribution in [-0.4, -0.2) is 11.2 Å². The molecular formula is C12H17ClFNO. The minimum atomic E-state index is -0.610. The fourth-order valence-electron chi connectivity index (χ4n) is 1.83. The van der Waals surface area contributed by atoms with Crippen LogP contribution in [0.5, 0.6) is 0 Å². The number of nitrogens with two attached hydrogens (primary N) is 1. The topological polar surface area (TPSA) is 46.2 Å². The van der Waals surface area contributed by atoms with Gasteiger partial charge < -0.3 is 10.8 Å². The third kappa shape index (κ3) is 2.73. The van der Waals surface area contributed by atoms with Crippen LogP contribution >= 0.6 is 12.4 Å². The Labute approximate surface area is 101 Å². The van der Waals surface area contributed by atoms with Gasteiger partial charge in [0.25, 0.3) is 0 Å². The summed E-state index contributed by atoms with van der Waals surface area (Å²) in [6.07, 6.45) is 1.39. The van der Waals surface area contributed by atoms with Gasteiger partial charge in [0.05, 0.1) is 12.1 Å². The largest absolute Gasteiger partial charge is 0.391 e. The van der Waals surface area contributed by atoms with Crippen molar-refractivity contribution in [2.75, 3.05) is 0 Å². The first kappa shape index (κ1) is 13.4. The van der Waals surface area contributed by atoms with Crippen LogP contribution in [-0.2, 0) is 0 Å². The second-order valence-corrected chi connectivity index (χ2v) is 4.38. The standard InChI is InChI=1S/C12H16FNO.ClH/c1-7-2-5-10(13)9(6-7)11(14)12(15)8-3-4-8;/h2,5-6,8,11-12,15H,3-4,14H2,1H3;1H/t11-,12+;/m0./s1. The van der Waals surface area contributed by atoms with E-state index in [2.05, 4.69) is 0 Å². The number of rotatable bonds is 3. The minimum Gasteiger partial charge on any atom is -0.391 e. The summed E-state index contributed by atoms with van der Waals surface area (Å²) in [5.74, 6) is -0.0623. The summed E-state index contributed by atoms with van der Waals surface area (Å²) in [5, 5.41) is 9.83. The number of hydrogen-bond donors (Lipinski definition) is 2. The van der Waals surface area contributed by atoms with Crippen LogP contribution < -0.4 is 5.73 Å². The molecule has 0 aliphatic heterocycles. The average molecular weight is 246 g/mol. The summed E-state index contributed by atoms with van der Waals surface area (Å²) in [5.41, 5.74) is 7.25. The highest BCUT2D eigenvalue weighted by atomic mass is 35.5. The van der Waals surface area contributed by atoms with Gasteiger partial charge in [-0.15, -0.1) is 12.4 Å². The van der Waals surface area contributed by atoms with Gasteiger partial charge in [-0.25, -0.2) is 4.39 Å². The van der Waals surface area contributed by atoms with Crippen LogP contribution in [0.1, 0.15) is 30.0 Å². The van der Waals surface area contributed by atoms with E-state index in [1.165, 1.54) is 6.07 Å². The van der Waals surface area contributed by atoms with Gasteiger partial charge in [0, 0.05) is 5.56 Å². The average Bonchev–Trinajstić information content (AvgIpc) is 3.03. The Balaban J connectivity index is 0.00000128. The molecule has 0 bridgehead atoms. The highest BCUT2D eigenvalue weighted by Gasteiger charge is 2.35. The molecule has 2 rings (SSSR count). The highest BCUT2D eigenvalue weighted by molar-refractivity contribution is 5.85.